The second-order valence-corrected chi connectivity index (χ2v) is 6.61. The fraction of sp³-hybridized carbons (Fsp3) is 0.0417. The molecule has 4 aromatic rings. The number of hydrogen-bond acceptors (Lipinski definition) is 3. The van der Waals surface area contributed by atoms with Crippen molar-refractivity contribution in [2.75, 3.05) is 0 Å². The van der Waals surface area contributed by atoms with Gasteiger partial charge in [0.25, 0.3) is 11.1 Å². The maximum Gasteiger partial charge on any atom is 0.275 e. The highest BCUT2D eigenvalue weighted by molar-refractivity contribution is 5.49. The van der Waals surface area contributed by atoms with Gasteiger partial charge in [0.05, 0.1) is 6.54 Å². The number of benzene rings is 2. The quantitative estimate of drug-likeness (QED) is 0.584. The summed E-state index contributed by atoms with van der Waals surface area (Å²) in [5.74, 6) is 0. The number of nitrogens with one attached hydrogen (secondary N) is 1. The molecule has 2 heterocycles. The fourth-order valence-electron chi connectivity index (χ4n) is 3.11. The maximum absolute atomic E-state index is 13.3. The first-order valence-corrected chi connectivity index (χ1v) is 9.26. The van der Waals surface area contributed by atoms with Crippen molar-refractivity contribution in [3.63, 3.8) is 0 Å². The molecule has 142 valence electrons. The smallest absolute Gasteiger partial charge is 0.275 e. The van der Waals surface area contributed by atoms with Crippen molar-refractivity contribution in [2.24, 2.45) is 0 Å². The van der Waals surface area contributed by atoms with Gasteiger partial charge in [-0.05, 0) is 41.0 Å². The lowest BCUT2D eigenvalue weighted by atomic mass is 10.2. The molecule has 0 spiro atoms. The third-order valence-electron chi connectivity index (χ3n) is 4.55. The van der Waals surface area contributed by atoms with Crippen LogP contribution in [-0.2, 0) is 6.54 Å². The first-order valence-electron chi connectivity index (χ1n) is 9.26. The molecule has 0 saturated heterocycles. The summed E-state index contributed by atoms with van der Waals surface area (Å²) in [6, 6.07) is 22.7. The molecule has 0 fully saturated rings. The molecule has 0 saturated carbocycles. The zero-order chi connectivity index (χ0) is 20.1. The molecule has 5 heteroatoms. The molecule has 2 aromatic heterocycles. The van der Waals surface area contributed by atoms with E-state index in [0.717, 1.165) is 16.7 Å². The van der Waals surface area contributed by atoms with Crippen LogP contribution in [0.15, 0.2) is 94.8 Å². The van der Waals surface area contributed by atoms with Gasteiger partial charge in [-0.3, -0.25) is 19.1 Å². The van der Waals surface area contributed by atoms with Crippen molar-refractivity contribution in [1.82, 2.24) is 14.5 Å². The van der Waals surface area contributed by atoms with Crippen LogP contribution in [-0.4, -0.2) is 14.5 Å². The molecule has 4 rings (SSSR count). The van der Waals surface area contributed by atoms with Gasteiger partial charge < -0.3 is 4.98 Å². The minimum absolute atomic E-state index is 0.238. The summed E-state index contributed by atoms with van der Waals surface area (Å²) in [4.78, 5) is 32.9. The van der Waals surface area contributed by atoms with Crippen LogP contribution in [0.4, 0.5) is 0 Å². The van der Waals surface area contributed by atoms with Gasteiger partial charge in [-0.2, -0.15) is 0 Å². The first kappa shape index (κ1) is 18.4. The van der Waals surface area contributed by atoms with Gasteiger partial charge in [-0.25, -0.2) is 0 Å². The fourth-order valence-corrected chi connectivity index (χ4v) is 3.11. The minimum Gasteiger partial charge on any atom is -0.316 e. The first-order chi connectivity index (χ1) is 14.2. The van der Waals surface area contributed by atoms with Gasteiger partial charge >= 0.3 is 0 Å². The summed E-state index contributed by atoms with van der Waals surface area (Å²) in [7, 11) is 0. The third-order valence-corrected chi connectivity index (χ3v) is 4.55. The van der Waals surface area contributed by atoms with Crippen molar-refractivity contribution in [2.45, 2.75) is 6.54 Å². The molecule has 0 radical (unpaired) electrons. The van der Waals surface area contributed by atoms with Gasteiger partial charge in [-0.15, -0.1) is 0 Å². The van der Waals surface area contributed by atoms with Gasteiger partial charge in [0.15, 0.2) is 0 Å². The number of hydrogen-bond donors (Lipinski definition) is 1. The van der Waals surface area contributed by atoms with E-state index in [9.17, 15) is 9.59 Å². The average molecular weight is 381 g/mol. The van der Waals surface area contributed by atoms with Crippen LogP contribution in [0, 0.1) is 0 Å². The van der Waals surface area contributed by atoms with Crippen molar-refractivity contribution < 1.29 is 0 Å². The lowest BCUT2D eigenvalue weighted by Crippen LogP contribution is -2.53. The molecule has 1 N–H and O–H groups in total. The normalized spacial score (nSPS) is 12.3. The molecule has 0 amide bonds. The molecule has 0 aliphatic carbocycles. The Labute approximate surface area is 167 Å². The van der Waals surface area contributed by atoms with Crippen LogP contribution in [0.5, 0.6) is 0 Å². The van der Waals surface area contributed by atoms with E-state index in [1.807, 2.05) is 60.7 Å². The number of H-pyrrole nitrogens is 1. The Bertz CT molecular complexity index is 1340. The van der Waals surface area contributed by atoms with E-state index in [0.29, 0.717) is 11.9 Å². The van der Waals surface area contributed by atoms with Gasteiger partial charge in [-0.1, -0.05) is 60.7 Å². The molecule has 0 bridgehead atoms. The van der Waals surface area contributed by atoms with Crippen LogP contribution < -0.4 is 21.8 Å². The molecule has 5 nitrogen and oxygen atoms in total. The highest BCUT2D eigenvalue weighted by Crippen LogP contribution is 2.00. The van der Waals surface area contributed by atoms with E-state index in [-0.39, 0.29) is 16.5 Å². The minimum atomic E-state index is -0.315. The van der Waals surface area contributed by atoms with E-state index < -0.39 is 0 Å². The summed E-state index contributed by atoms with van der Waals surface area (Å²) in [5, 5.41) is 0.555. The van der Waals surface area contributed by atoms with Crippen LogP contribution >= 0.6 is 0 Å². The van der Waals surface area contributed by atoms with E-state index in [2.05, 4.69) is 9.97 Å². The molecule has 2 aromatic carbocycles. The highest BCUT2D eigenvalue weighted by Gasteiger charge is 2.06. The number of aromatic amines is 1. The Balaban J connectivity index is 1.98. The summed E-state index contributed by atoms with van der Waals surface area (Å²) >= 11 is 0. The van der Waals surface area contributed by atoms with Crippen molar-refractivity contribution in [1.29, 1.82) is 0 Å². The second-order valence-electron chi connectivity index (χ2n) is 6.61. The largest absolute Gasteiger partial charge is 0.316 e. The Hall–Kier alpha value is -3.99. The molecule has 29 heavy (non-hydrogen) atoms. The lowest BCUT2D eigenvalue weighted by Gasteiger charge is -2.08. The standard InChI is InChI=1S/C24H19N3O2/c28-23-22(16-18-7-3-1-4-8-18)27(17-20-9-5-2-6-10-20)24(29)21(26-23)15-19-11-13-25-14-12-19/h1-16H,17H2,(H,26,28). The number of rotatable bonds is 4. The van der Waals surface area contributed by atoms with E-state index in [1.165, 1.54) is 4.57 Å². The number of pyridine rings is 1. The van der Waals surface area contributed by atoms with Crippen LogP contribution in [0.1, 0.15) is 16.7 Å². The number of nitrogens with zero attached hydrogens (tertiary/aromatic N) is 2. The SMILES string of the molecule is O=c1[nH]c(=Cc2ccncc2)c(=O)n(Cc2ccccc2)c1=Cc1ccccc1. The molecule has 0 aliphatic heterocycles. The Morgan fingerprint density at radius 3 is 2.10 bits per heavy atom. The predicted octanol–water partition coefficient (Wildman–Crippen LogP) is 1.64. The Morgan fingerprint density at radius 1 is 0.793 bits per heavy atom. The van der Waals surface area contributed by atoms with E-state index in [4.69, 9.17) is 0 Å². The van der Waals surface area contributed by atoms with Gasteiger partial charge in [0.1, 0.15) is 10.7 Å². The highest BCUT2D eigenvalue weighted by atomic mass is 16.1. The molecule has 0 unspecified atom stereocenters. The Kier molecular flexibility index (Phi) is 5.29. The third kappa shape index (κ3) is 4.30. The topological polar surface area (TPSA) is 67.8 Å². The predicted molar refractivity (Wildman–Crippen MR) is 114 cm³/mol. The van der Waals surface area contributed by atoms with Gasteiger partial charge in [0, 0.05) is 12.4 Å². The van der Waals surface area contributed by atoms with Crippen LogP contribution in [0.2, 0.25) is 0 Å². The van der Waals surface area contributed by atoms with Crippen molar-refractivity contribution in [3.8, 4) is 0 Å². The van der Waals surface area contributed by atoms with Crippen molar-refractivity contribution >= 4 is 12.2 Å². The monoisotopic (exact) mass is 381 g/mol. The summed E-state index contributed by atoms with van der Waals surface area (Å²) in [6.45, 7) is 0.305. The van der Waals surface area contributed by atoms with Crippen LogP contribution in [0.3, 0.4) is 0 Å². The van der Waals surface area contributed by atoms with Crippen molar-refractivity contribution in [3.05, 3.63) is 133 Å². The average Bonchev–Trinajstić information content (AvgIpc) is 2.76. The zero-order valence-corrected chi connectivity index (χ0v) is 15.7. The van der Waals surface area contributed by atoms with Crippen LogP contribution in [0.25, 0.3) is 12.2 Å². The molecular formula is C24H19N3O2. The van der Waals surface area contributed by atoms with E-state index >= 15 is 0 Å². The Morgan fingerprint density at radius 2 is 1.41 bits per heavy atom. The molecule has 0 atom stereocenters. The summed E-state index contributed by atoms with van der Waals surface area (Å²) in [5.41, 5.74) is 2.01. The molecular weight excluding hydrogens is 362 g/mol. The second kappa shape index (κ2) is 8.35. The summed E-state index contributed by atoms with van der Waals surface area (Å²) in [6.07, 6.45) is 6.69. The summed E-state index contributed by atoms with van der Waals surface area (Å²) < 4.78 is 1.52. The van der Waals surface area contributed by atoms with Gasteiger partial charge in [0.2, 0.25) is 0 Å². The lowest BCUT2D eigenvalue weighted by molar-refractivity contribution is 0.702. The molecule has 0 aliphatic rings. The maximum atomic E-state index is 13.3. The zero-order valence-electron chi connectivity index (χ0n) is 15.7. The van der Waals surface area contributed by atoms with E-state index in [1.54, 1.807) is 36.7 Å². The number of aromatic nitrogens is 3.